The molecule has 0 heterocycles. The Bertz CT molecular complexity index is 386. The van der Waals surface area contributed by atoms with E-state index in [1.165, 1.54) is 12.8 Å². The number of rotatable bonds is 2. The fourth-order valence-corrected chi connectivity index (χ4v) is 3.08. The van der Waals surface area contributed by atoms with Crippen molar-refractivity contribution in [2.45, 2.75) is 38.7 Å². The lowest BCUT2D eigenvalue weighted by molar-refractivity contribution is 0.0755. The summed E-state index contributed by atoms with van der Waals surface area (Å²) in [4.78, 5) is 0. The molecule has 1 N–H and O–H groups in total. The van der Waals surface area contributed by atoms with E-state index in [-0.39, 0.29) is 6.10 Å². The van der Waals surface area contributed by atoms with E-state index in [2.05, 4.69) is 22.9 Å². The molecular formula is C14H18BrClO. The van der Waals surface area contributed by atoms with Crippen molar-refractivity contribution in [3.63, 3.8) is 0 Å². The Morgan fingerprint density at radius 1 is 1.29 bits per heavy atom. The van der Waals surface area contributed by atoms with Crippen LogP contribution in [-0.4, -0.2) is 5.11 Å². The summed E-state index contributed by atoms with van der Waals surface area (Å²) >= 11 is 9.37. The van der Waals surface area contributed by atoms with Crippen LogP contribution in [-0.2, 0) is 0 Å². The highest BCUT2D eigenvalue weighted by Crippen LogP contribution is 2.37. The molecule has 0 aromatic heterocycles. The fraction of sp³-hybridized carbons (Fsp3) is 0.571. The summed E-state index contributed by atoms with van der Waals surface area (Å²) in [6.45, 7) is 2.29. The van der Waals surface area contributed by atoms with Crippen molar-refractivity contribution in [3.8, 4) is 0 Å². The van der Waals surface area contributed by atoms with Gasteiger partial charge in [-0.2, -0.15) is 0 Å². The Labute approximate surface area is 116 Å². The van der Waals surface area contributed by atoms with Crippen molar-refractivity contribution < 1.29 is 5.11 Å². The molecule has 17 heavy (non-hydrogen) atoms. The quantitative estimate of drug-likeness (QED) is 0.817. The van der Waals surface area contributed by atoms with Gasteiger partial charge in [-0.15, -0.1) is 0 Å². The zero-order chi connectivity index (χ0) is 12.4. The maximum absolute atomic E-state index is 10.4. The molecule has 0 amide bonds. The Balaban J connectivity index is 2.08. The van der Waals surface area contributed by atoms with Gasteiger partial charge in [0.25, 0.3) is 0 Å². The molecule has 94 valence electrons. The molecule has 1 nitrogen and oxygen atoms in total. The summed E-state index contributed by atoms with van der Waals surface area (Å²) in [6, 6.07) is 5.70. The molecule has 0 radical (unpaired) electrons. The maximum Gasteiger partial charge on any atom is 0.0818 e. The third kappa shape index (κ3) is 3.24. The SMILES string of the molecule is CC1CCC(C(O)c2ccc(Cl)c(Br)c2)CC1. The van der Waals surface area contributed by atoms with Crippen LogP contribution in [0.1, 0.15) is 44.3 Å². The predicted octanol–water partition coefficient (Wildman–Crippen LogP) is 4.96. The minimum atomic E-state index is -0.351. The summed E-state index contributed by atoms with van der Waals surface area (Å²) in [6.07, 6.45) is 4.37. The number of hydrogen-bond acceptors (Lipinski definition) is 1. The average Bonchev–Trinajstić information content (AvgIpc) is 2.33. The van der Waals surface area contributed by atoms with Crippen LogP contribution in [0.5, 0.6) is 0 Å². The van der Waals surface area contributed by atoms with Crippen molar-refractivity contribution >= 4 is 27.5 Å². The second-order valence-corrected chi connectivity index (χ2v) is 6.40. The van der Waals surface area contributed by atoms with E-state index in [0.717, 1.165) is 28.8 Å². The lowest BCUT2D eigenvalue weighted by atomic mass is 9.78. The highest BCUT2D eigenvalue weighted by molar-refractivity contribution is 9.10. The monoisotopic (exact) mass is 316 g/mol. The number of aliphatic hydroxyl groups is 1. The molecule has 1 aromatic rings. The zero-order valence-corrected chi connectivity index (χ0v) is 12.3. The number of halogens is 2. The maximum atomic E-state index is 10.4. The van der Waals surface area contributed by atoms with Crippen LogP contribution in [0.2, 0.25) is 5.02 Å². The molecule has 1 unspecified atom stereocenters. The van der Waals surface area contributed by atoms with Gasteiger partial charge in [-0.05, 0) is 58.3 Å². The summed E-state index contributed by atoms with van der Waals surface area (Å²) in [5, 5.41) is 11.1. The van der Waals surface area contributed by atoms with Gasteiger partial charge < -0.3 is 5.11 Å². The first-order valence-corrected chi connectivity index (χ1v) is 7.38. The van der Waals surface area contributed by atoms with Crippen molar-refractivity contribution in [2.75, 3.05) is 0 Å². The summed E-state index contributed by atoms with van der Waals surface area (Å²) in [5.41, 5.74) is 0.973. The highest BCUT2D eigenvalue weighted by atomic mass is 79.9. The third-order valence-electron chi connectivity index (χ3n) is 3.79. The third-order valence-corrected chi connectivity index (χ3v) is 5.01. The standard InChI is InChI=1S/C14H18BrClO/c1-9-2-4-10(5-3-9)14(17)11-6-7-13(16)12(15)8-11/h6-10,14,17H,2-5H2,1H3. The molecule has 2 rings (SSSR count). The average molecular weight is 318 g/mol. The molecule has 1 atom stereocenters. The summed E-state index contributed by atoms with van der Waals surface area (Å²) < 4.78 is 0.861. The van der Waals surface area contributed by atoms with E-state index in [1.54, 1.807) is 0 Å². The lowest BCUT2D eigenvalue weighted by Crippen LogP contribution is -2.19. The lowest BCUT2D eigenvalue weighted by Gasteiger charge is -2.30. The van der Waals surface area contributed by atoms with E-state index >= 15 is 0 Å². The summed E-state index contributed by atoms with van der Waals surface area (Å²) in [7, 11) is 0. The molecule has 0 spiro atoms. The van der Waals surface area contributed by atoms with E-state index in [4.69, 9.17) is 11.6 Å². The van der Waals surface area contributed by atoms with Crippen molar-refractivity contribution in [1.82, 2.24) is 0 Å². The van der Waals surface area contributed by atoms with Gasteiger partial charge in [-0.1, -0.05) is 37.4 Å². The fourth-order valence-electron chi connectivity index (χ4n) is 2.57. The Hall–Kier alpha value is -0.0500. The van der Waals surface area contributed by atoms with Crippen LogP contribution in [0.4, 0.5) is 0 Å². The van der Waals surface area contributed by atoms with E-state index in [9.17, 15) is 5.11 Å². The van der Waals surface area contributed by atoms with Gasteiger partial charge in [0, 0.05) is 4.47 Å². The molecule has 1 aliphatic carbocycles. The van der Waals surface area contributed by atoms with E-state index in [0.29, 0.717) is 10.9 Å². The molecular weight excluding hydrogens is 300 g/mol. The Kier molecular flexibility index (Phi) is 4.51. The molecule has 1 saturated carbocycles. The molecule has 0 aliphatic heterocycles. The van der Waals surface area contributed by atoms with Gasteiger partial charge >= 0.3 is 0 Å². The Morgan fingerprint density at radius 2 is 1.94 bits per heavy atom. The molecule has 1 aliphatic rings. The molecule has 0 saturated heterocycles. The molecule has 1 fully saturated rings. The predicted molar refractivity (Wildman–Crippen MR) is 75.2 cm³/mol. The van der Waals surface area contributed by atoms with Crippen LogP contribution in [0.15, 0.2) is 22.7 Å². The van der Waals surface area contributed by atoms with Gasteiger partial charge in [0.15, 0.2) is 0 Å². The molecule has 3 heteroatoms. The van der Waals surface area contributed by atoms with Crippen molar-refractivity contribution in [3.05, 3.63) is 33.3 Å². The van der Waals surface area contributed by atoms with Crippen LogP contribution in [0.3, 0.4) is 0 Å². The zero-order valence-electron chi connectivity index (χ0n) is 10.00. The largest absolute Gasteiger partial charge is 0.388 e. The Morgan fingerprint density at radius 3 is 2.53 bits per heavy atom. The first-order valence-electron chi connectivity index (χ1n) is 6.21. The van der Waals surface area contributed by atoms with Crippen LogP contribution >= 0.6 is 27.5 Å². The number of hydrogen-bond donors (Lipinski definition) is 1. The number of benzene rings is 1. The van der Waals surface area contributed by atoms with Crippen LogP contribution < -0.4 is 0 Å². The first kappa shape index (κ1) is 13.4. The normalized spacial score (nSPS) is 26.8. The first-order chi connectivity index (χ1) is 8.08. The highest BCUT2D eigenvalue weighted by Gasteiger charge is 2.25. The van der Waals surface area contributed by atoms with Gasteiger partial charge in [0.1, 0.15) is 0 Å². The molecule has 0 bridgehead atoms. The van der Waals surface area contributed by atoms with Crippen molar-refractivity contribution in [1.29, 1.82) is 0 Å². The van der Waals surface area contributed by atoms with Gasteiger partial charge in [0.05, 0.1) is 11.1 Å². The smallest absolute Gasteiger partial charge is 0.0818 e. The van der Waals surface area contributed by atoms with Crippen LogP contribution in [0.25, 0.3) is 0 Å². The van der Waals surface area contributed by atoms with Crippen LogP contribution in [0, 0.1) is 11.8 Å². The second kappa shape index (κ2) is 5.73. The van der Waals surface area contributed by atoms with Crippen molar-refractivity contribution in [2.24, 2.45) is 11.8 Å². The number of aliphatic hydroxyl groups excluding tert-OH is 1. The topological polar surface area (TPSA) is 20.2 Å². The van der Waals surface area contributed by atoms with E-state index < -0.39 is 0 Å². The van der Waals surface area contributed by atoms with Gasteiger partial charge in [0.2, 0.25) is 0 Å². The summed E-state index contributed by atoms with van der Waals surface area (Å²) in [5.74, 6) is 1.22. The molecule has 1 aromatic carbocycles. The van der Waals surface area contributed by atoms with Gasteiger partial charge in [-0.25, -0.2) is 0 Å². The van der Waals surface area contributed by atoms with Gasteiger partial charge in [-0.3, -0.25) is 0 Å². The minimum absolute atomic E-state index is 0.351. The second-order valence-electron chi connectivity index (χ2n) is 5.14. The minimum Gasteiger partial charge on any atom is -0.388 e. The van der Waals surface area contributed by atoms with E-state index in [1.807, 2.05) is 18.2 Å².